The Balaban J connectivity index is 1.77. The predicted octanol–water partition coefficient (Wildman–Crippen LogP) is 4.43. The number of benzene rings is 3. The van der Waals surface area contributed by atoms with Gasteiger partial charge in [-0.05, 0) is 54.4 Å². The number of carbonyl (C=O) groups is 2. The first-order chi connectivity index (χ1) is 17.1. The van der Waals surface area contributed by atoms with Crippen molar-refractivity contribution >= 4 is 51.3 Å². The van der Waals surface area contributed by atoms with Gasteiger partial charge >= 0.3 is 5.97 Å². The fourth-order valence-electron chi connectivity index (χ4n) is 3.12. The van der Waals surface area contributed by atoms with Crippen LogP contribution in [0.4, 0.5) is 0 Å². The molecule has 0 fully saturated rings. The minimum absolute atomic E-state index is 0.0418. The number of amides is 1. The van der Waals surface area contributed by atoms with E-state index in [4.69, 9.17) is 23.2 Å². The highest BCUT2D eigenvalue weighted by Gasteiger charge is 2.27. The van der Waals surface area contributed by atoms with Crippen LogP contribution < -0.4 is 5.43 Å². The summed E-state index contributed by atoms with van der Waals surface area (Å²) in [6.45, 7) is 1.18. The van der Waals surface area contributed by atoms with E-state index in [2.05, 4.69) is 15.3 Å². The van der Waals surface area contributed by atoms with Gasteiger partial charge in [-0.15, -0.1) is 0 Å². The van der Waals surface area contributed by atoms with Crippen LogP contribution in [0.2, 0.25) is 10.0 Å². The van der Waals surface area contributed by atoms with Gasteiger partial charge in [-0.1, -0.05) is 59.1 Å². The number of nitrogens with zero attached hydrogens (tertiary/aromatic N) is 2. The van der Waals surface area contributed by atoms with E-state index in [1.807, 2.05) is 6.92 Å². The molecule has 3 aromatic carbocycles. The number of hydrazone groups is 1. The molecule has 0 heterocycles. The van der Waals surface area contributed by atoms with Crippen LogP contribution in [0.3, 0.4) is 0 Å². The van der Waals surface area contributed by atoms with Gasteiger partial charge in [-0.3, -0.25) is 4.79 Å². The number of rotatable bonds is 9. The number of aryl methyl sites for hydroxylation is 1. The second kappa shape index (κ2) is 12.1. The van der Waals surface area contributed by atoms with Crippen molar-refractivity contribution in [2.45, 2.75) is 18.4 Å². The quantitative estimate of drug-likeness (QED) is 0.242. The monoisotopic (exact) mass is 547 g/mol. The Morgan fingerprint density at radius 3 is 2.31 bits per heavy atom. The molecule has 0 aliphatic heterocycles. The topological polar surface area (TPSA) is 105 Å². The molecule has 3 aromatic rings. The summed E-state index contributed by atoms with van der Waals surface area (Å²) in [5.41, 5.74) is 4.70. The highest BCUT2D eigenvalue weighted by molar-refractivity contribution is 7.89. The molecule has 1 amide bonds. The molecule has 11 heteroatoms. The standard InChI is InChI=1S/C25H23Cl2N3O5S/c1-17-3-11-22(12-4-17)36(33,34)30(15-20-9-10-21(26)13-23(20)27)16-24(31)29-28-14-18-5-7-19(8-6-18)25(32)35-2/h3-14H,15-16H2,1-2H3,(H,29,31)/b28-14-. The normalized spacial score (nSPS) is 11.6. The molecule has 0 aromatic heterocycles. The SMILES string of the molecule is COC(=O)c1ccc(/C=N\NC(=O)CN(Cc2ccc(Cl)cc2Cl)S(=O)(=O)c2ccc(C)cc2)cc1. The van der Waals surface area contributed by atoms with Crippen LogP contribution in [-0.4, -0.2) is 44.5 Å². The predicted molar refractivity (Wildman–Crippen MR) is 139 cm³/mol. The lowest BCUT2D eigenvalue weighted by atomic mass is 10.1. The third kappa shape index (κ3) is 7.14. The largest absolute Gasteiger partial charge is 0.465 e. The van der Waals surface area contributed by atoms with Crippen molar-refractivity contribution in [2.24, 2.45) is 5.10 Å². The van der Waals surface area contributed by atoms with Crippen LogP contribution >= 0.6 is 23.2 Å². The van der Waals surface area contributed by atoms with Gasteiger partial charge in [-0.25, -0.2) is 18.6 Å². The maximum atomic E-state index is 13.4. The molecule has 8 nitrogen and oxygen atoms in total. The van der Waals surface area contributed by atoms with Crippen molar-refractivity contribution in [3.8, 4) is 0 Å². The van der Waals surface area contributed by atoms with Crippen molar-refractivity contribution in [1.29, 1.82) is 0 Å². The maximum Gasteiger partial charge on any atom is 0.337 e. The lowest BCUT2D eigenvalue weighted by Gasteiger charge is -2.22. The molecule has 3 rings (SSSR count). The second-order valence-corrected chi connectivity index (χ2v) is 10.5. The molecule has 0 aliphatic rings. The van der Waals surface area contributed by atoms with Crippen molar-refractivity contribution in [3.63, 3.8) is 0 Å². The summed E-state index contributed by atoms with van der Waals surface area (Å²) in [4.78, 5) is 24.2. The van der Waals surface area contributed by atoms with Crippen LogP contribution in [0, 0.1) is 6.92 Å². The average molecular weight is 548 g/mol. The van der Waals surface area contributed by atoms with Gasteiger partial charge in [0.05, 0.1) is 30.3 Å². The summed E-state index contributed by atoms with van der Waals surface area (Å²) in [5.74, 6) is -1.12. The summed E-state index contributed by atoms with van der Waals surface area (Å²) >= 11 is 12.2. The lowest BCUT2D eigenvalue weighted by Crippen LogP contribution is -2.39. The molecule has 0 bridgehead atoms. The van der Waals surface area contributed by atoms with E-state index in [1.165, 1.54) is 31.5 Å². The van der Waals surface area contributed by atoms with E-state index < -0.39 is 28.4 Å². The van der Waals surface area contributed by atoms with Gasteiger partial charge in [0.1, 0.15) is 0 Å². The number of sulfonamides is 1. The van der Waals surface area contributed by atoms with Crippen molar-refractivity contribution in [3.05, 3.63) is 99.0 Å². The summed E-state index contributed by atoms with van der Waals surface area (Å²) in [6.07, 6.45) is 1.37. The second-order valence-electron chi connectivity index (χ2n) is 7.73. The summed E-state index contributed by atoms with van der Waals surface area (Å²) in [5, 5.41) is 4.57. The Labute approximate surface area is 219 Å². The molecule has 188 valence electrons. The van der Waals surface area contributed by atoms with Crippen molar-refractivity contribution in [1.82, 2.24) is 9.73 Å². The van der Waals surface area contributed by atoms with Crippen LogP contribution in [0.5, 0.6) is 0 Å². The van der Waals surface area contributed by atoms with Crippen molar-refractivity contribution in [2.75, 3.05) is 13.7 Å². The molecule has 0 saturated carbocycles. The molecule has 36 heavy (non-hydrogen) atoms. The fraction of sp³-hybridized carbons (Fsp3) is 0.160. The number of ether oxygens (including phenoxy) is 1. The first-order valence-electron chi connectivity index (χ1n) is 10.6. The molecule has 0 aliphatic carbocycles. The zero-order valence-electron chi connectivity index (χ0n) is 19.4. The van der Waals surface area contributed by atoms with Gasteiger partial charge in [0.25, 0.3) is 5.91 Å². The summed E-state index contributed by atoms with van der Waals surface area (Å²) in [7, 11) is -2.76. The van der Waals surface area contributed by atoms with Crippen LogP contribution in [-0.2, 0) is 26.1 Å². The van der Waals surface area contributed by atoms with E-state index in [-0.39, 0.29) is 16.5 Å². The molecule has 0 unspecified atom stereocenters. The van der Waals surface area contributed by atoms with E-state index in [9.17, 15) is 18.0 Å². The number of nitrogens with one attached hydrogen (secondary N) is 1. The first-order valence-corrected chi connectivity index (χ1v) is 12.8. The molecule has 0 spiro atoms. The van der Waals surface area contributed by atoms with Gasteiger partial charge in [-0.2, -0.15) is 9.41 Å². The number of hydrogen-bond acceptors (Lipinski definition) is 6. The number of halogens is 2. The Morgan fingerprint density at radius 2 is 1.69 bits per heavy atom. The average Bonchev–Trinajstić information content (AvgIpc) is 2.85. The lowest BCUT2D eigenvalue weighted by molar-refractivity contribution is -0.121. The zero-order valence-corrected chi connectivity index (χ0v) is 21.8. The van der Waals surface area contributed by atoms with E-state index in [0.29, 0.717) is 21.7 Å². The number of carbonyl (C=O) groups excluding carboxylic acids is 2. The van der Waals surface area contributed by atoms with Gasteiger partial charge in [0.15, 0.2) is 0 Å². The third-order valence-electron chi connectivity index (χ3n) is 5.08. The first kappa shape index (κ1) is 27.3. The maximum absolute atomic E-state index is 13.4. The molecule has 0 saturated heterocycles. The third-order valence-corrected chi connectivity index (χ3v) is 7.47. The van der Waals surface area contributed by atoms with Crippen LogP contribution in [0.25, 0.3) is 0 Å². The Kier molecular flexibility index (Phi) is 9.22. The molecule has 0 atom stereocenters. The molecular weight excluding hydrogens is 525 g/mol. The Morgan fingerprint density at radius 1 is 1.03 bits per heavy atom. The number of esters is 1. The van der Waals surface area contributed by atoms with E-state index >= 15 is 0 Å². The minimum Gasteiger partial charge on any atom is -0.465 e. The van der Waals surface area contributed by atoms with E-state index in [0.717, 1.165) is 9.87 Å². The number of hydrogen-bond donors (Lipinski definition) is 1. The summed E-state index contributed by atoms with van der Waals surface area (Å²) in [6, 6.07) is 17.4. The van der Waals surface area contributed by atoms with Crippen molar-refractivity contribution < 1.29 is 22.7 Å². The fourth-order valence-corrected chi connectivity index (χ4v) is 4.97. The van der Waals surface area contributed by atoms with Gasteiger partial charge < -0.3 is 4.74 Å². The smallest absolute Gasteiger partial charge is 0.337 e. The minimum atomic E-state index is -4.05. The van der Waals surface area contributed by atoms with Crippen LogP contribution in [0.1, 0.15) is 27.0 Å². The molecule has 0 radical (unpaired) electrons. The Hall–Kier alpha value is -3.24. The highest BCUT2D eigenvalue weighted by atomic mass is 35.5. The number of methoxy groups -OCH3 is 1. The Bertz CT molecular complexity index is 1380. The molecular formula is C25H23Cl2N3O5S. The van der Waals surface area contributed by atoms with E-state index in [1.54, 1.807) is 48.5 Å². The van der Waals surface area contributed by atoms with Gasteiger partial charge in [0, 0.05) is 16.6 Å². The molecule has 1 N–H and O–H groups in total. The zero-order chi connectivity index (χ0) is 26.3. The highest BCUT2D eigenvalue weighted by Crippen LogP contribution is 2.25. The van der Waals surface area contributed by atoms with Gasteiger partial charge in [0.2, 0.25) is 10.0 Å². The summed E-state index contributed by atoms with van der Waals surface area (Å²) < 4.78 is 32.4. The van der Waals surface area contributed by atoms with Crippen LogP contribution in [0.15, 0.2) is 76.7 Å².